The van der Waals surface area contributed by atoms with Gasteiger partial charge in [-0.3, -0.25) is 4.79 Å². The minimum absolute atomic E-state index is 0.200. The molecule has 0 aromatic heterocycles. The van der Waals surface area contributed by atoms with Gasteiger partial charge in [0, 0.05) is 16.4 Å². The van der Waals surface area contributed by atoms with Crippen molar-refractivity contribution in [2.75, 3.05) is 5.33 Å². The van der Waals surface area contributed by atoms with Gasteiger partial charge in [-0.2, -0.15) is 0 Å². The Morgan fingerprint density at radius 3 is 2.65 bits per heavy atom. The van der Waals surface area contributed by atoms with Crippen LogP contribution in [0.15, 0.2) is 22.7 Å². The molecule has 0 heterocycles. The predicted octanol–water partition coefficient (Wildman–Crippen LogP) is 3.88. The number of hydrogen-bond donors (Lipinski definition) is 1. The molecule has 0 fully saturated rings. The normalized spacial score (nSPS) is 14.2. The van der Waals surface area contributed by atoms with Gasteiger partial charge in [0.1, 0.15) is 5.82 Å². The van der Waals surface area contributed by atoms with Gasteiger partial charge in [-0.25, -0.2) is 4.39 Å². The minimum Gasteiger partial charge on any atom is -0.346 e. The van der Waals surface area contributed by atoms with Gasteiger partial charge in [0.05, 0.1) is 4.47 Å². The third-order valence-corrected chi connectivity index (χ3v) is 4.52. The van der Waals surface area contributed by atoms with Gasteiger partial charge in [0.25, 0.3) is 5.91 Å². The first-order valence-electron chi connectivity index (χ1n) is 5.25. The summed E-state index contributed by atoms with van der Waals surface area (Å²) in [6, 6.07) is 4.23. The zero-order valence-corrected chi connectivity index (χ0v) is 12.9. The molecular formula is C12H14Br2FNO. The molecule has 1 N–H and O–H groups in total. The molecule has 2 nitrogen and oxygen atoms in total. The lowest BCUT2D eigenvalue weighted by Gasteiger charge is -2.27. The van der Waals surface area contributed by atoms with Crippen LogP contribution in [-0.2, 0) is 0 Å². The van der Waals surface area contributed by atoms with Crippen LogP contribution in [0.25, 0.3) is 0 Å². The van der Waals surface area contributed by atoms with Crippen molar-refractivity contribution in [2.24, 2.45) is 0 Å². The summed E-state index contributed by atoms with van der Waals surface area (Å²) in [7, 11) is 0. The Bertz CT molecular complexity index is 419. The molecule has 1 aromatic rings. The van der Waals surface area contributed by atoms with E-state index in [-0.39, 0.29) is 17.3 Å². The monoisotopic (exact) mass is 365 g/mol. The lowest BCUT2D eigenvalue weighted by atomic mass is 10.0. The number of rotatable bonds is 4. The standard InChI is InChI=1S/C12H14Br2FNO/c1-3-12(2,7-13)16-11(17)8-4-5-10(15)9(14)6-8/h4-6H,3,7H2,1-2H3,(H,16,17). The first kappa shape index (κ1) is 14.6. The third-order valence-electron chi connectivity index (χ3n) is 2.67. The molecule has 1 atom stereocenters. The summed E-state index contributed by atoms with van der Waals surface area (Å²) in [5.74, 6) is -0.574. The van der Waals surface area contributed by atoms with E-state index < -0.39 is 0 Å². The van der Waals surface area contributed by atoms with Crippen molar-refractivity contribution in [3.63, 3.8) is 0 Å². The summed E-state index contributed by atoms with van der Waals surface area (Å²) < 4.78 is 13.3. The Labute approximate surface area is 117 Å². The van der Waals surface area contributed by atoms with Crippen LogP contribution in [0.3, 0.4) is 0 Å². The highest BCUT2D eigenvalue weighted by molar-refractivity contribution is 9.10. The van der Waals surface area contributed by atoms with Crippen LogP contribution >= 0.6 is 31.9 Å². The van der Waals surface area contributed by atoms with E-state index in [1.165, 1.54) is 18.2 Å². The molecule has 0 saturated heterocycles. The Hall–Kier alpha value is -0.420. The molecular weight excluding hydrogens is 353 g/mol. The molecule has 1 rings (SSSR count). The molecule has 0 aliphatic heterocycles. The minimum atomic E-state index is -0.375. The summed E-state index contributed by atoms with van der Waals surface area (Å²) in [6.07, 6.45) is 0.812. The van der Waals surface area contributed by atoms with E-state index in [1.807, 2.05) is 13.8 Å². The molecule has 0 radical (unpaired) electrons. The molecule has 0 aliphatic carbocycles. The van der Waals surface area contributed by atoms with Gasteiger partial charge in [0.15, 0.2) is 0 Å². The van der Waals surface area contributed by atoms with Crippen LogP contribution in [0, 0.1) is 5.82 Å². The van der Waals surface area contributed by atoms with Crippen LogP contribution in [0.1, 0.15) is 30.6 Å². The molecule has 0 aliphatic rings. The number of carbonyl (C=O) groups is 1. The summed E-state index contributed by atoms with van der Waals surface area (Å²) >= 11 is 6.44. The smallest absolute Gasteiger partial charge is 0.251 e. The van der Waals surface area contributed by atoms with Crippen molar-refractivity contribution in [1.82, 2.24) is 5.32 Å². The fourth-order valence-electron chi connectivity index (χ4n) is 1.20. The Morgan fingerprint density at radius 2 is 2.18 bits per heavy atom. The fraction of sp³-hybridized carbons (Fsp3) is 0.417. The number of hydrogen-bond acceptors (Lipinski definition) is 1. The predicted molar refractivity (Wildman–Crippen MR) is 74.1 cm³/mol. The maximum Gasteiger partial charge on any atom is 0.251 e. The van der Waals surface area contributed by atoms with Crippen molar-refractivity contribution in [3.05, 3.63) is 34.1 Å². The van der Waals surface area contributed by atoms with E-state index in [0.29, 0.717) is 15.4 Å². The zero-order chi connectivity index (χ0) is 13.1. The number of nitrogens with one attached hydrogen (secondary N) is 1. The second-order valence-corrected chi connectivity index (χ2v) is 5.55. The van der Waals surface area contributed by atoms with E-state index in [0.717, 1.165) is 6.42 Å². The van der Waals surface area contributed by atoms with E-state index in [1.54, 1.807) is 0 Å². The average molecular weight is 367 g/mol. The SMILES string of the molecule is CCC(C)(CBr)NC(=O)c1ccc(F)c(Br)c1. The van der Waals surface area contributed by atoms with Gasteiger partial charge in [-0.15, -0.1) is 0 Å². The molecule has 94 valence electrons. The van der Waals surface area contributed by atoms with Crippen molar-refractivity contribution < 1.29 is 9.18 Å². The van der Waals surface area contributed by atoms with E-state index in [4.69, 9.17) is 0 Å². The quantitative estimate of drug-likeness (QED) is 0.805. The number of halogens is 3. The Morgan fingerprint density at radius 1 is 1.53 bits per heavy atom. The molecule has 5 heteroatoms. The van der Waals surface area contributed by atoms with E-state index in [2.05, 4.69) is 37.2 Å². The maximum atomic E-state index is 13.0. The van der Waals surface area contributed by atoms with Gasteiger partial charge in [-0.1, -0.05) is 22.9 Å². The number of carbonyl (C=O) groups excluding carboxylic acids is 1. The number of amides is 1. The first-order chi connectivity index (χ1) is 7.91. The highest BCUT2D eigenvalue weighted by Gasteiger charge is 2.23. The lowest BCUT2D eigenvalue weighted by Crippen LogP contribution is -2.46. The highest BCUT2D eigenvalue weighted by Crippen LogP contribution is 2.18. The van der Waals surface area contributed by atoms with Gasteiger partial charge < -0.3 is 5.32 Å². The largest absolute Gasteiger partial charge is 0.346 e. The summed E-state index contributed by atoms with van der Waals surface area (Å²) in [5, 5.41) is 3.60. The van der Waals surface area contributed by atoms with Crippen molar-refractivity contribution in [1.29, 1.82) is 0 Å². The average Bonchev–Trinajstić information content (AvgIpc) is 2.32. The van der Waals surface area contributed by atoms with Gasteiger partial charge >= 0.3 is 0 Å². The molecule has 0 saturated carbocycles. The number of alkyl halides is 1. The fourth-order valence-corrected chi connectivity index (χ4v) is 2.12. The summed E-state index contributed by atoms with van der Waals surface area (Å²) in [6.45, 7) is 3.96. The molecule has 0 bridgehead atoms. The summed E-state index contributed by atoms with van der Waals surface area (Å²) in [5.41, 5.74) is 0.150. The van der Waals surface area contributed by atoms with E-state index >= 15 is 0 Å². The molecule has 17 heavy (non-hydrogen) atoms. The van der Waals surface area contributed by atoms with Crippen molar-refractivity contribution >= 4 is 37.8 Å². The molecule has 1 amide bonds. The zero-order valence-electron chi connectivity index (χ0n) is 9.69. The van der Waals surface area contributed by atoms with E-state index in [9.17, 15) is 9.18 Å². The lowest BCUT2D eigenvalue weighted by molar-refractivity contribution is 0.0913. The van der Waals surface area contributed by atoms with Crippen LogP contribution in [0.4, 0.5) is 4.39 Å². The van der Waals surface area contributed by atoms with Gasteiger partial charge in [-0.05, 0) is 47.5 Å². The highest BCUT2D eigenvalue weighted by atomic mass is 79.9. The van der Waals surface area contributed by atoms with Crippen LogP contribution in [0.2, 0.25) is 0 Å². The second kappa shape index (κ2) is 5.96. The topological polar surface area (TPSA) is 29.1 Å². The Balaban J connectivity index is 2.86. The maximum absolute atomic E-state index is 13.0. The first-order valence-corrected chi connectivity index (χ1v) is 7.17. The second-order valence-electron chi connectivity index (χ2n) is 4.13. The third kappa shape index (κ3) is 3.78. The summed E-state index contributed by atoms with van der Waals surface area (Å²) in [4.78, 5) is 12.0. The number of benzene rings is 1. The van der Waals surface area contributed by atoms with Crippen LogP contribution in [-0.4, -0.2) is 16.8 Å². The van der Waals surface area contributed by atoms with Gasteiger partial charge in [0.2, 0.25) is 0 Å². The van der Waals surface area contributed by atoms with Crippen LogP contribution < -0.4 is 5.32 Å². The molecule has 1 unspecified atom stereocenters. The van der Waals surface area contributed by atoms with Crippen LogP contribution in [0.5, 0.6) is 0 Å². The van der Waals surface area contributed by atoms with Crippen molar-refractivity contribution in [2.45, 2.75) is 25.8 Å². The Kier molecular flexibility index (Phi) is 5.13. The van der Waals surface area contributed by atoms with Crippen molar-refractivity contribution in [3.8, 4) is 0 Å². The molecule has 1 aromatic carbocycles. The molecule has 0 spiro atoms.